The molecule has 1 aromatic carbocycles. The minimum absolute atomic E-state index is 0.0481. The smallest absolute Gasteiger partial charge is 0.336 e. The van der Waals surface area contributed by atoms with Crippen LogP contribution >= 0.6 is 0 Å². The number of terminal acetylenes is 1. The van der Waals surface area contributed by atoms with Crippen molar-refractivity contribution >= 4 is 16.0 Å². The lowest BCUT2D eigenvalue weighted by molar-refractivity contribution is -0.150. The number of carbonyl (C=O) groups excluding carboxylic acids is 1. The molecular formula is C22H25NO5S. The molecule has 1 atom stereocenters. The van der Waals surface area contributed by atoms with Crippen molar-refractivity contribution in [2.45, 2.75) is 44.2 Å². The standard InChI is InChI=1S/C22H25NO5S/c1-7-14-23(29(25,26)18-12-10-16(2)11-13-18)20(19-9-8-15-27-19)17(3)21(24)28-22(4,5)6/h1,8-13,15,20H,3,14H2,2,4-6H3. The monoisotopic (exact) mass is 415 g/mol. The van der Waals surface area contributed by atoms with Crippen LogP contribution in [0.3, 0.4) is 0 Å². The molecule has 0 saturated carbocycles. The topological polar surface area (TPSA) is 76.8 Å². The van der Waals surface area contributed by atoms with E-state index in [2.05, 4.69) is 12.5 Å². The first-order valence-corrected chi connectivity index (χ1v) is 10.4. The molecule has 0 aliphatic heterocycles. The molecular weight excluding hydrogens is 390 g/mol. The quantitative estimate of drug-likeness (QED) is 0.390. The van der Waals surface area contributed by atoms with Crippen molar-refractivity contribution in [2.75, 3.05) is 6.54 Å². The number of sulfonamides is 1. The van der Waals surface area contributed by atoms with Gasteiger partial charge in [-0.25, -0.2) is 13.2 Å². The first kappa shape index (κ1) is 22.5. The Hall–Kier alpha value is -2.82. The third-order valence-corrected chi connectivity index (χ3v) is 5.79. The first-order valence-electron chi connectivity index (χ1n) is 8.95. The van der Waals surface area contributed by atoms with Gasteiger partial charge in [-0.3, -0.25) is 0 Å². The number of ether oxygens (including phenoxy) is 1. The molecule has 0 bridgehead atoms. The fraction of sp³-hybridized carbons (Fsp3) is 0.318. The van der Waals surface area contributed by atoms with E-state index in [0.717, 1.165) is 9.87 Å². The number of nitrogens with zero attached hydrogens (tertiary/aromatic N) is 1. The zero-order valence-corrected chi connectivity index (χ0v) is 17.8. The Morgan fingerprint density at radius 3 is 2.38 bits per heavy atom. The lowest BCUT2D eigenvalue weighted by Crippen LogP contribution is -2.38. The van der Waals surface area contributed by atoms with Crippen molar-refractivity contribution in [3.63, 3.8) is 0 Å². The zero-order valence-electron chi connectivity index (χ0n) is 17.0. The number of benzene rings is 1. The van der Waals surface area contributed by atoms with Crippen molar-refractivity contribution in [2.24, 2.45) is 0 Å². The van der Waals surface area contributed by atoms with Crippen molar-refractivity contribution in [1.82, 2.24) is 4.31 Å². The second-order valence-corrected chi connectivity index (χ2v) is 9.40. The van der Waals surface area contributed by atoms with Gasteiger partial charge in [0.2, 0.25) is 10.0 Å². The lowest BCUT2D eigenvalue weighted by Gasteiger charge is -2.30. The summed E-state index contributed by atoms with van der Waals surface area (Å²) < 4.78 is 38.6. The highest BCUT2D eigenvalue weighted by Gasteiger charge is 2.38. The fourth-order valence-corrected chi connectivity index (χ4v) is 4.14. The second kappa shape index (κ2) is 8.68. The van der Waals surface area contributed by atoms with Crippen molar-refractivity contribution in [3.05, 3.63) is 66.1 Å². The molecule has 2 aromatic rings. The molecule has 0 radical (unpaired) electrons. The highest BCUT2D eigenvalue weighted by Crippen LogP contribution is 2.34. The van der Waals surface area contributed by atoms with Crippen LogP contribution in [0.1, 0.15) is 38.1 Å². The molecule has 1 unspecified atom stereocenters. The summed E-state index contributed by atoms with van der Waals surface area (Å²) >= 11 is 0. The van der Waals surface area contributed by atoms with E-state index in [1.54, 1.807) is 45.0 Å². The largest absolute Gasteiger partial charge is 0.467 e. The molecule has 7 heteroatoms. The van der Waals surface area contributed by atoms with E-state index < -0.39 is 27.6 Å². The van der Waals surface area contributed by atoms with E-state index in [0.29, 0.717) is 0 Å². The first-order chi connectivity index (χ1) is 13.5. The van der Waals surface area contributed by atoms with Crippen LogP contribution in [0, 0.1) is 19.3 Å². The maximum Gasteiger partial charge on any atom is 0.336 e. The molecule has 6 nitrogen and oxygen atoms in total. The van der Waals surface area contributed by atoms with E-state index in [9.17, 15) is 13.2 Å². The van der Waals surface area contributed by atoms with Crippen molar-refractivity contribution in [3.8, 4) is 12.3 Å². The van der Waals surface area contributed by atoms with Gasteiger partial charge in [-0.05, 0) is 52.0 Å². The summed E-state index contributed by atoms with van der Waals surface area (Å²) in [4.78, 5) is 12.7. The van der Waals surface area contributed by atoms with Crippen LogP contribution in [0.15, 0.2) is 64.1 Å². The van der Waals surface area contributed by atoms with Gasteiger partial charge >= 0.3 is 5.97 Å². The Morgan fingerprint density at radius 2 is 1.90 bits per heavy atom. The van der Waals surface area contributed by atoms with Crippen LogP contribution in [-0.4, -0.2) is 30.8 Å². The molecule has 0 N–H and O–H groups in total. The van der Waals surface area contributed by atoms with Crippen molar-refractivity contribution < 1.29 is 22.4 Å². The van der Waals surface area contributed by atoms with E-state index >= 15 is 0 Å². The summed E-state index contributed by atoms with van der Waals surface area (Å²) in [6, 6.07) is 8.36. The highest BCUT2D eigenvalue weighted by atomic mass is 32.2. The Bertz CT molecular complexity index is 1010. The van der Waals surface area contributed by atoms with Crippen LogP contribution in [0.5, 0.6) is 0 Å². The Morgan fingerprint density at radius 1 is 1.28 bits per heavy atom. The maximum absolute atomic E-state index is 13.4. The summed E-state index contributed by atoms with van der Waals surface area (Å²) in [6.07, 6.45) is 6.85. The minimum atomic E-state index is -4.07. The van der Waals surface area contributed by atoms with Crippen LogP contribution in [0.25, 0.3) is 0 Å². The van der Waals surface area contributed by atoms with Gasteiger partial charge in [0.05, 0.1) is 23.3 Å². The van der Waals surface area contributed by atoms with E-state index in [-0.39, 0.29) is 22.8 Å². The number of furan rings is 1. The third kappa shape index (κ3) is 5.37. The molecule has 0 saturated heterocycles. The van der Waals surface area contributed by atoms with Gasteiger partial charge < -0.3 is 9.15 Å². The maximum atomic E-state index is 13.4. The second-order valence-electron chi connectivity index (χ2n) is 7.51. The summed E-state index contributed by atoms with van der Waals surface area (Å²) in [6.45, 7) is 10.5. The number of hydrogen-bond donors (Lipinski definition) is 0. The molecule has 1 aromatic heterocycles. The van der Waals surface area contributed by atoms with Crippen molar-refractivity contribution in [1.29, 1.82) is 0 Å². The molecule has 0 aliphatic carbocycles. The molecule has 0 aliphatic rings. The predicted molar refractivity (Wildman–Crippen MR) is 110 cm³/mol. The lowest BCUT2D eigenvalue weighted by atomic mass is 10.1. The SMILES string of the molecule is C#CCN(C(C(=C)C(=O)OC(C)(C)C)c1ccco1)S(=O)(=O)c1ccc(C)cc1. The molecule has 29 heavy (non-hydrogen) atoms. The Kier molecular flexibility index (Phi) is 6.73. The van der Waals surface area contributed by atoms with Crippen LogP contribution < -0.4 is 0 Å². The third-order valence-electron chi connectivity index (χ3n) is 3.97. The molecule has 0 amide bonds. The average molecular weight is 416 g/mol. The van der Waals surface area contributed by atoms with Crippen LogP contribution in [0.4, 0.5) is 0 Å². The number of esters is 1. The molecule has 154 valence electrons. The highest BCUT2D eigenvalue weighted by molar-refractivity contribution is 7.89. The van der Waals surface area contributed by atoms with Gasteiger partial charge in [-0.1, -0.05) is 30.2 Å². The van der Waals surface area contributed by atoms with Crippen LogP contribution in [0.2, 0.25) is 0 Å². The van der Waals surface area contributed by atoms with Crippen LogP contribution in [-0.2, 0) is 19.6 Å². The van der Waals surface area contributed by atoms with Gasteiger partial charge in [0.25, 0.3) is 0 Å². The molecule has 2 rings (SSSR count). The van der Waals surface area contributed by atoms with Gasteiger partial charge in [-0.2, -0.15) is 4.31 Å². The van der Waals surface area contributed by atoms with Gasteiger partial charge in [0.15, 0.2) is 0 Å². The number of aryl methyl sites for hydroxylation is 1. The molecule has 1 heterocycles. The summed E-state index contributed by atoms with van der Waals surface area (Å²) in [5.74, 6) is 1.83. The van der Waals surface area contributed by atoms with E-state index in [1.165, 1.54) is 18.4 Å². The normalized spacial score (nSPS) is 13.0. The molecule has 0 spiro atoms. The van der Waals surface area contributed by atoms with Gasteiger partial charge in [0, 0.05) is 0 Å². The summed E-state index contributed by atoms with van der Waals surface area (Å²) in [5.41, 5.74) is 0.0366. The fourth-order valence-electron chi connectivity index (χ4n) is 2.64. The number of hydrogen-bond acceptors (Lipinski definition) is 5. The Labute approximate surface area is 172 Å². The number of carbonyl (C=O) groups is 1. The Balaban J connectivity index is 2.56. The number of rotatable bonds is 7. The van der Waals surface area contributed by atoms with Gasteiger partial charge in [-0.15, -0.1) is 6.42 Å². The average Bonchev–Trinajstić information content (AvgIpc) is 3.14. The zero-order chi connectivity index (χ0) is 21.8. The predicted octanol–water partition coefficient (Wildman–Crippen LogP) is 3.85. The van der Waals surface area contributed by atoms with E-state index in [1.807, 2.05) is 6.92 Å². The summed E-state index contributed by atoms with van der Waals surface area (Å²) in [5, 5.41) is 0. The summed E-state index contributed by atoms with van der Waals surface area (Å²) in [7, 11) is -4.07. The minimum Gasteiger partial charge on any atom is -0.467 e. The molecule has 0 fully saturated rings. The van der Waals surface area contributed by atoms with Gasteiger partial charge in [0.1, 0.15) is 17.4 Å². The van der Waals surface area contributed by atoms with E-state index in [4.69, 9.17) is 15.6 Å².